The third-order valence-corrected chi connectivity index (χ3v) is 3.09. The molecule has 82 valence electrons. The zero-order valence-corrected chi connectivity index (χ0v) is 10.5. The largest absolute Gasteiger partial charge is 0.335 e. The predicted octanol–water partition coefficient (Wildman–Crippen LogP) is 1.49. The number of pyridine rings is 1. The minimum atomic E-state index is -0.224. The molecular weight excluding hydrogens is 321 g/mol. The van der Waals surface area contributed by atoms with E-state index >= 15 is 0 Å². The summed E-state index contributed by atoms with van der Waals surface area (Å²) in [6.07, 6.45) is 2.26. The SMILES string of the molecule is Cc1nc(-c2c(I)cc[nH]c2=O)[nH]c1C=O. The Morgan fingerprint density at radius 2 is 2.25 bits per heavy atom. The van der Waals surface area contributed by atoms with Crippen molar-refractivity contribution in [2.24, 2.45) is 0 Å². The fourth-order valence-electron chi connectivity index (χ4n) is 1.38. The minimum Gasteiger partial charge on any atom is -0.335 e. The Morgan fingerprint density at radius 3 is 2.81 bits per heavy atom. The smallest absolute Gasteiger partial charge is 0.260 e. The Hall–Kier alpha value is -1.44. The van der Waals surface area contributed by atoms with Crippen molar-refractivity contribution in [1.82, 2.24) is 15.0 Å². The molecule has 0 aromatic carbocycles. The number of rotatable bonds is 2. The summed E-state index contributed by atoms with van der Waals surface area (Å²) in [5.41, 5.74) is 1.22. The summed E-state index contributed by atoms with van der Waals surface area (Å²) in [4.78, 5) is 31.9. The van der Waals surface area contributed by atoms with Crippen LogP contribution in [0.5, 0.6) is 0 Å². The molecule has 0 bridgehead atoms. The fourth-order valence-corrected chi connectivity index (χ4v) is 2.06. The molecule has 2 aromatic rings. The zero-order valence-electron chi connectivity index (χ0n) is 8.37. The van der Waals surface area contributed by atoms with E-state index in [2.05, 4.69) is 37.5 Å². The van der Waals surface area contributed by atoms with Crippen LogP contribution in [0.4, 0.5) is 0 Å². The number of aromatic amines is 2. The van der Waals surface area contributed by atoms with Crippen molar-refractivity contribution in [2.45, 2.75) is 6.92 Å². The summed E-state index contributed by atoms with van der Waals surface area (Å²) < 4.78 is 0.785. The number of H-pyrrole nitrogens is 2. The molecule has 16 heavy (non-hydrogen) atoms. The van der Waals surface area contributed by atoms with Gasteiger partial charge in [-0.05, 0) is 35.6 Å². The van der Waals surface area contributed by atoms with E-state index in [0.29, 0.717) is 29.1 Å². The number of aromatic nitrogens is 3. The van der Waals surface area contributed by atoms with Gasteiger partial charge < -0.3 is 9.97 Å². The number of hydrogen-bond donors (Lipinski definition) is 2. The predicted molar refractivity (Wildman–Crippen MR) is 67.5 cm³/mol. The second-order valence-electron chi connectivity index (χ2n) is 3.23. The normalized spacial score (nSPS) is 10.4. The van der Waals surface area contributed by atoms with Gasteiger partial charge >= 0.3 is 0 Å². The molecule has 0 aliphatic rings. The third kappa shape index (κ3) is 1.80. The van der Waals surface area contributed by atoms with Crippen LogP contribution in [0.3, 0.4) is 0 Å². The number of carbonyl (C=O) groups excluding carboxylic acids is 1. The molecular formula is C10H8IN3O2. The van der Waals surface area contributed by atoms with Crippen LogP contribution in [0.15, 0.2) is 17.1 Å². The first kappa shape index (κ1) is 11.1. The van der Waals surface area contributed by atoms with Crippen molar-refractivity contribution >= 4 is 28.9 Å². The lowest BCUT2D eigenvalue weighted by Crippen LogP contribution is -2.10. The van der Waals surface area contributed by atoms with Gasteiger partial charge in [0.25, 0.3) is 5.56 Å². The molecule has 5 nitrogen and oxygen atoms in total. The first-order chi connectivity index (χ1) is 7.63. The zero-order chi connectivity index (χ0) is 11.7. The first-order valence-corrected chi connectivity index (χ1v) is 5.60. The Kier molecular flexibility index (Phi) is 2.90. The number of aldehydes is 1. The van der Waals surface area contributed by atoms with E-state index in [9.17, 15) is 9.59 Å². The summed E-state index contributed by atoms with van der Waals surface area (Å²) in [6, 6.07) is 1.77. The maximum absolute atomic E-state index is 11.6. The summed E-state index contributed by atoms with van der Waals surface area (Å²) in [7, 11) is 0. The quantitative estimate of drug-likeness (QED) is 0.647. The van der Waals surface area contributed by atoms with E-state index in [1.54, 1.807) is 19.2 Å². The maximum atomic E-state index is 11.6. The molecule has 6 heteroatoms. The van der Waals surface area contributed by atoms with Crippen LogP contribution in [0, 0.1) is 10.5 Å². The third-order valence-electron chi connectivity index (χ3n) is 2.19. The number of carbonyl (C=O) groups is 1. The van der Waals surface area contributed by atoms with Gasteiger partial charge in [0.1, 0.15) is 11.5 Å². The van der Waals surface area contributed by atoms with Crippen molar-refractivity contribution in [1.29, 1.82) is 0 Å². The summed E-state index contributed by atoms with van der Waals surface area (Å²) in [6.45, 7) is 1.72. The van der Waals surface area contributed by atoms with Gasteiger partial charge in [-0.1, -0.05) is 0 Å². The van der Waals surface area contributed by atoms with Crippen LogP contribution >= 0.6 is 22.6 Å². The molecule has 0 atom stereocenters. The summed E-state index contributed by atoms with van der Waals surface area (Å²) in [5, 5.41) is 0. The van der Waals surface area contributed by atoms with Crippen molar-refractivity contribution in [3.63, 3.8) is 0 Å². The van der Waals surface area contributed by atoms with Gasteiger partial charge in [0.05, 0.1) is 11.3 Å². The van der Waals surface area contributed by atoms with E-state index in [1.165, 1.54) is 0 Å². The van der Waals surface area contributed by atoms with Crippen LogP contribution in [0.2, 0.25) is 0 Å². The molecule has 0 spiro atoms. The van der Waals surface area contributed by atoms with Crippen molar-refractivity contribution in [2.75, 3.05) is 0 Å². The van der Waals surface area contributed by atoms with E-state index in [0.717, 1.165) is 3.57 Å². The number of halogens is 1. The van der Waals surface area contributed by atoms with Crippen LogP contribution in [0.1, 0.15) is 16.2 Å². The van der Waals surface area contributed by atoms with E-state index in [1.807, 2.05) is 0 Å². The Bertz CT molecular complexity index is 600. The highest BCUT2D eigenvalue weighted by molar-refractivity contribution is 14.1. The number of hydrogen-bond acceptors (Lipinski definition) is 3. The van der Waals surface area contributed by atoms with E-state index in [-0.39, 0.29) is 5.56 Å². The summed E-state index contributed by atoms with van der Waals surface area (Å²) in [5.74, 6) is 0.422. The number of imidazole rings is 1. The van der Waals surface area contributed by atoms with Crippen LogP contribution in [-0.2, 0) is 0 Å². The number of nitrogens with zero attached hydrogens (tertiary/aromatic N) is 1. The minimum absolute atomic E-state index is 0.224. The van der Waals surface area contributed by atoms with Gasteiger partial charge in [-0.15, -0.1) is 0 Å². The molecule has 0 aliphatic heterocycles. The lowest BCUT2D eigenvalue weighted by molar-refractivity contribution is 0.111. The first-order valence-electron chi connectivity index (χ1n) is 4.53. The van der Waals surface area contributed by atoms with Gasteiger partial charge in [0, 0.05) is 9.77 Å². The maximum Gasteiger partial charge on any atom is 0.260 e. The fraction of sp³-hybridized carbons (Fsp3) is 0.100. The van der Waals surface area contributed by atoms with Gasteiger partial charge in [-0.25, -0.2) is 4.98 Å². The summed E-state index contributed by atoms with van der Waals surface area (Å²) >= 11 is 2.05. The molecule has 2 N–H and O–H groups in total. The number of aryl methyl sites for hydroxylation is 1. The van der Waals surface area contributed by atoms with Gasteiger partial charge in [0.15, 0.2) is 6.29 Å². The highest BCUT2D eigenvalue weighted by Gasteiger charge is 2.13. The molecule has 0 radical (unpaired) electrons. The molecule has 0 saturated carbocycles. The van der Waals surface area contributed by atoms with E-state index in [4.69, 9.17) is 0 Å². The molecule has 2 rings (SSSR count). The monoisotopic (exact) mass is 329 g/mol. The van der Waals surface area contributed by atoms with Crippen LogP contribution in [0.25, 0.3) is 11.4 Å². The lowest BCUT2D eigenvalue weighted by atomic mass is 10.3. The highest BCUT2D eigenvalue weighted by atomic mass is 127. The average molecular weight is 329 g/mol. The molecule has 2 aromatic heterocycles. The van der Waals surface area contributed by atoms with Crippen LogP contribution < -0.4 is 5.56 Å². The topological polar surface area (TPSA) is 78.6 Å². The molecule has 0 amide bonds. The van der Waals surface area contributed by atoms with Gasteiger partial charge in [-0.3, -0.25) is 9.59 Å². The lowest BCUT2D eigenvalue weighted by Gasteiger charge is -1.98. The molecule has 0 aliphatic carbocycles. The Balaban J connectivity index is 2.67. The molecule has 0 saturated heterocycles. The van der Waals surface area contributed by atoms with Gasteiger partial charge in [-0.2, -0.15) is 0 Å². The Morgan fingerprint density at radius 1 is 1.50 bits per heavy atom. The molecule has 0 unspecified atom stereocenters. The standard InChI is InChI=1S/C10H8IN3O2/c1-5-7(4-15)14-9(13-5)8-6(11)2-3-12-10(8)16/h2-4H,1H3,(H,12,16)(H,13,14). The second-order valence-corrected chi connectivity index (χ2v) is 4.39. The second kappa shape index (κ2) is 4.20. The van der Waals surface area contributed by atoms with Crippen molar-refractivity contribution < 1.29 is 4.79 Å². The Labute approximate surface area is 104 Å². The van der Waals surface area contributed by atoms with E-state index < -0.39 is 0 Å². The highest BCUT2D eigenvalue weighted by Crippen LogP contribution is 2.18. The number of nitrogens with one attached hydrogen (secondary N) is 2. The average Bonchev–Trinajstić information content (AvgIpc) is 2.59. The van der Waals surface area contributed by atoms with Gasteiger partial charge in [0.2, 0.25) is 0 Å². The molecule has 0 fully saturated rings. The van der Waals surface area contributed by atoms with Crippen molar-refractivity contribution in [3.8, 4) is 11.4 Å². The molecule has 2 heterocycles. The van der Waals surface area contributed by atoms with Crippen molar-refractivity contribution in [3.05, 3.63) is 37.6 Å². The van der Waals surface area contributed by atoms with Crippen LogP contribution in [-0.4, -0.2) is 21.2 Å².